The number of carbonyl (C=O) groups excluding carboxylic acids is 1. The molecule has 0 radical (unpaired) electrons. The Hall–Kier alpha value is -0.810. The molecule has 1 rings (SSSR count). The van der Waals surface area contributed by atoms with Crippen LogP contribution in [0.5, 0.6) is 0 Å². The van der Waals surface area contributed by atoms with Gasteiger partial charge in [-0.25, -0.2) is 4.79 Å². The molecule has 0 unspecified atom stereocenters. The van der Waals surface area contributed by atoms with Crippen LogP contribution in [-0.2, 0) is 9.47 Å². The highest BCUT2D eigenvalue weighted by molar-refractivity contribution is 5.68. The van der Waals surface area contributed by atoms with Gasteiger partial charge in [0.15, 0.2) is 0 Å². The molecule has 5 nitrogen and oxygen atoms in total. The van der Waals surface area contributed by atoms with Crippen LogP contribution in [0.25, 0.3) is 0 Å². The average molecular weight is 231 g/mol. The van der Waals surface area contributed by atoms with Crippen molar-refractivity contribution >= 4 is 6.09 Å². The SMILES string of the molecule is CC(C)(C)OC(=O)N[C@@H]1COCC[C@@H]1CO. The van der Waals surface area contributed by atoms with Crippen molar-refractivity contribution in [1.82, 2.24) is 5.32 Å². The minimum Gasteiger partial charge on any atom is -0.444 e. The molecule has 0 saturated carbocycles. The first kappa shape index (κ1) is 13.3. The highest BCUT2D eigenvalue weighted by Crippen LogP contribution is 2.15. The zero-order valence-electron chi connectivity index (χ0n) is 10.2. The molecule has 16 heavy (non-hydrogen) atoms. The van der Waals surface area contributed by atoms with E-state index < -0.39 is 11.7 Å². The molecule has 0 bridgehead atoms. The molecular weight excluding hydrogens is 210 g/mol. The van der Waals surface area contributed by atoms with Crippen LogP contribution in [0.4, 0.5) is 4.79 Å². The Balaban J connectivity index is 2.42. The van der Waals surface area contributed by atoms with Crippen LogP contribution in [0.2, 0.25) is 0 Å². The molecule has 1 amide bonds. The van der Waals surface area contributed by atoms with E-state index in [0.29, 0.717) is 13.2 Å². The molecule has 0 aromatic rings. The standard InChI is InChI=1S/C11H21NO4/c1-11(2,3)16-10(14)12-9-7-15-5-4-8(9)6-13/h8-9,13H,4-7H2,1-3H3,(H,12,14)/t8-,9-/m1/s1. The number of hydrogen-bond acceptors (Lipinski definition) is 4. The fourth-order valence-corrected chi connectivity index (χ4v) is 1.62. The van der Waals surface area contributed by atoms with E-state index in [9.17, 15) is 4.79 Å². The summed E-state index contributed by atoms with van der Waals surface area (Å²) in [6.07, 6.45) is 0.304. The van der Waals surface area contributed by atoms with Crippen molar-refractivity contribution in [3.8, 4) is 0 Å². The molecule has 0 spiro atoms. The van der Waals surface area contributed by atoms with E-state index in [-0.39, 0.29) is 18.6 Å². The van der Waals surface area contributed by atoms with Gasteiger partial charge in [-0.15, -0.1) is 0 Å². The fraction of sp³-hybridized carbons (Fsp3) is 0.909. The summed E-state index contributed by atoms with van der Waals surface area (Å²) in [4.78, 5) is 11.5. The molecule has 1 aliphatic heterocycles. The number of aliphatic hydroxyl groups is 1. The Morgan fingerprint density at radius 3 is 2.81 bits per heavy atom. The van der Waals surface area contributed by atoms with E-state index in [1.807, 2.05) is 20.8 Å². The lowest BCUT2D eigenvalue weighted by molar-refractivity contribution is 0.00462. The maximum absolute atomic E-state index is 11.5. The number of ether oxygens (including phenoxy) is 2. The number of aliphatic hydroxyl groups excluding tert-OH is 1. The van der Waals surface area contributed by atoms with Crippen LogP contribution < -0.4 is 5.32 Å². The van der Waals surface area contributed by atoms with Crippen LogP contribution in [0.15, 0.2) is 0 Å². The van der Waals surface area contributed by atoms with Crippen molar-refractivity contribution in [3.05, 3.63) is 0 Å². The first-order valence-corrected chi connectivity index (χ1v) is 5.60. The van der Waals surface area contributed by atoms with Crippen molar-refractivity contribution < 1.29 is 19.4 Å². The van der Waals surface area contributed by atoms with Gasteiger partial charge in [-0.3, -0.25) is 0 Å². The molecule has 1 fully saturated rings. The Labute approximate surface area is 96.1 Å². The Morgan fingerprint density at radius 2 is 2.25 bits per heavy atom. The number of amides is 1. The van der Waals surface area contributed by atoms with Gasteiger partial charge in [0.05, 0.1) is 12.6 Å². The van der Waals surface area contributed by atoms with Crippen LogP contribution >= 0.6 is 0 Å². The maximum atomic E-state index is 11.5. The third-order valence-corrected chi connectivity index (χ3v) is 2.44. The Morgan fingerprint density at radius 1 is 1.56 bits per heavy atom. The van der Waals surface area contributed by atoms with Crippen LogP contribution in [-0.4, -0.2) is 42.7 Å². The molecule has 2 N–H and O–H groups in total. The molecule has 5 heteroatoms. The van der Waals surface area contributed by atoms with Crippen LogP contribution in [0.1, 0.15) is 27.2 Å². The van der Waals surface area contributed by atoms with Gasteiger partial charge in [-0.05, 0) is 27.2 Å². The molecule has 94 valence electrons. The van der Waals surface area contributed by atoms with Gasteiger partial charge in [-0.2, -0.15) is 0 Å². The van der Waals surface area contributed by atoms with Crippen molar-refractivity contribution in [2.24, 2.45) is 5.92 Å². The van der Waals surface area contributed by atoms with E-state index in [2.05, 4.69) is 5.32 Å². The zero-order valence-corrected chi connectivity index (χ0v) is 10.2. The largest absolute Gasteiger partial charge is 0.444 e. The number of carbonyl (C=O) groups is 1. The third-order valence-electron chi connectivity index (χ3n) is 2.44. The third kappa shape index (κ3) is 4.37. The predicted molar refractivity (Wildman–Crippen MR) is 59.2 cm³/mol. The summed E-state index contributed by atoms with van der Waals surface area (Å²) >= 11 is 0. The Kier molecular flexibility index (Phi) is 4.56. The van der Waals surface area contributed by atoms with Gasteiger partial charge in [0.2, 0.25) is 0 Å². The quantitative estimate of drug-likeness (QED) is 0.741. The zero-order chi connectivity index (χ0) is 12.2. The van der Waals surface area contributed by atoms with Gasteiger partial charge in [0.25, 0.3) is 0 Å². The average Bonchev–Trinajstić information content (AvgIpc) is 2.15. The lowest BCUT2D eigenvalue weighted by atomic mass is 9.96. The van der Waals surface area contributed by atoms with E-state index in [0.717, 1.165) is 6.42 Å². The molecule has 1 heterocycles. The van der Waals surface area contributed by atoms with Gasteiger partial charge in [0.1, 0.15) is 5.60 Å². The predicted octanol–water partition coefficient (Wildman–Crippen LogP) is 0.908. The molecule has 0 aromatic carbocycles. The minimum absolute atomic E-state index is 0.0567. The summed E-state index contributed by atoms with van der Waals surface area (Å²) in [5.74, 6) is 0.0567. The molecule has 0 aliphatic carbocycles. The highest BCUT2D eigenvalue weighted by Gasteiger charge is 2.28. The van der Waals surface area contributed by atoms with Gasteiger partial charge in [-0.1, -0.05) is 0 Å². The number of alkyl carbamates (subject to hydrolysis) is 1. The lowest BCUT2D eigenvalue weighted by Crippen LogP contribution is -2.49. The smallest absolute Gasteiger partial charge is 0.407 e. The van der Waals surface area contributed by atoms with E-state index in [1.54, 1.807) is 0 Å². The normalized spacial score (nSPS) is 26.2. The Bertz CT molecular complexity index is 237. The monoisotopic (exact) mass is 231 g/mol. The van der Waals surface area contributed by atoms with Crippen LogP contribution in [0.3, 0.4) is 0 Å². The van der Waals surface area contributed by atoms with Gasteiger partial charge >= 0.3 is 6.09 Å². The topological polar surface area (TPSA) is 67.8 Å². The van der Waals surface area contributed by atoms with Gasteiger partial charge < -0.3 is 19.9 Å². The molecule has 1 saturated heterocycles. The number of rotatable bonds is 2. The second kappa shape index (κ2) is 5.50. The first-order chi connectivity index (χ1) is 7.42. The number of nitrogens with one attached hydrogen (secondary N) is 1. The second-order valence-electron chi connectivity index (χ2n) is 5.06. The first-order valence-electron chi connectivity index (χ1n) is 5.60. The summed E-state index contributed by atoms with van der Waals surface area (Å²) < 4.78 is 10.4. The van der Waals surface area contributed by atoms with Crippen molar-refractivity contribution in [2.75, 3.05) is 19.8 Å². The highest BCUT2D eigenvalue weighted by atomic mass is 16.6. The summed E-state index contributed by atoms with van der Waals surface area (Å²) in [6.45, 7) is 6.57. The summed E-state index contributed by atoms with van der Waals surface area (Å²) in [6, 6.07) is -0.159. The van der Waals surface area contributed by atoms with Gasteiger partial charge in [0, 0.05) is 19.1 Å². The number of hydrogen-bond donors (Lipinski definition) is 2. The summed E-state index contributed by atoms with van der Waals surface area (Å²) in [5.41, 5.74) is -0.506. The molecule has 1 aliphatic rings. The second-order valence-corrected chi connectivity index (χ2v) is 5.06. The molecule has 2 atom stereocenters. The summed E-state index contributed by atoms with van der Waals surface area (Å²) in [5, 5.41) is 11.9. The van der Waals surface area contributed by atoms with Crippen LogP contribution in [0, 0.1) is 5.92 Å². The summed E-state index contributed by atoms with van der Waals surface area (Å²) in [7, 11) is 0. The van der Waals surface area contributed by atoms with E-state index >= 15 is 0 Å². The van der Waals surface area contributed by atoms with Crippen molar-refractivity contribution in [3.63, 3.8) is 0 Å². The van der Waals surface area contributed by atoms with Crippen molar-refractivity contribution in [1.29, 1.82) is 0 Å². The maximum Gasteiger partial charge on any atom is 0.407 e. The molecule has 0 aromatic heterocycles. The van der Waals surface area contributed by atoms with E-state index in [1.165, 1.54) is 0 Å². The molecular formula is C11H21NO4. The van der Waals surface area contributed by atoms with Crippen molar-refractivity contribution in [2.45, 2.75) is 38.8 Å². The fourth-order valence-electron chi connectivity index (χ4n) is 1.62. The lowest BCUT2D eigenvalue weighted by Gasteiger charge is -2.31. The van der Waals surface area contributed by atoms with E-state index in [4.69, 9.17) is 14.6 Å². The minimum atomic E-state index is -0.506.